The topological polar surface area (TPSA) is 161 Å². The van der Waals surface area contributed by atoms with Crippen molar-refractivity contribution in [1.82, 2.24) is 0 Å². The van der Waals surface area contributed by atoms with Gasteiger partial charge in [0.25, 0.3) is 0 Å². The fourth-order valence-corrected chi connectivity index (χ4v) is 0. The Morgan fingerprint density at radius 2 is 0.917 bits per heavy atom. The molecule has 0 radical (unpaired) electrons. The van der Waals surface area contributed by atoms with Gasteiger partial charge in [-0.1, -0.05) is 0 Å². The van der Waals surface area contributed by atoms with Crippen LogP contribution in [0.5, 0.6) is 0 Å². The Morgan fingerprint density at radius 1 is 0.917 bits per heavy atom. The fourth-order valence-electron chi connectivity index (χ4n) is 0. The second-order valence-corrected chi connectivity index (χ2v) is 2.78. The second-order valence-electron chi connectivity index (χ2n) is 0.786. The van der Waals surface area contributed by atoms with Gasteiger partial charge >= 0.3 is 127 Å². The first-order valence-electron chi connectivity index (χ1n) is 1.28. The number of rotatable bonds is 0. The van der Waals surface area contributed by atoms with Gasteiger partial charge in [-0.15, -0.1) is 0 Å². The molecule has 0 saturated heterocycles. The molecule has 0 aliphatic rings. The molecule has 0 rings (SSSR count). The maximum atomic E-state index is 8.58. The summed E-state index contributed by atoms with van der Waals surface area (Å²) in [4.78, 5) is 0. The van der Waals surface area contributed by atoms with Gasteiger partial charge < -0.3 is 9.11 Å². The van der Waals surface area contributed by atoms with Crippen molar-refractivity contribution in [3.05, 3.63) is 0 Å². The quantitative estimate of drug-likeness (QED) is 0.186. The summed E-state index contributed by atoms with van der Waals surface area (Å²) in [5.41, 5.74) is 0. The van der Waals surface area contributed by atoms with E-state index < -0.39 is 23.8 Å². The van der Waals surface area contributed by atoms with E-state index in [4.69, 9.17) is 33.6 Å². The molecule has 65 valence electrons. The summed E-state index contributed by atoms with van der Waals surface area (Å²) in [6, 6.07) is 0. The van der Waals surface area contributed by atoms with Crippen LogP contribution >= 0.6 is 0 Å². The zero-order valence-corrected chi connectivity index (χ0v) is 16.3. The standard InChI is InChI=1S/2Ba.Mn.H2O4S.4O/c;;;1-5(2,3)4;;;;/h;;;(H2,1,2,3,4);;;;/q2*+2;;;;;2*-1/p-2. The summed E-state index contributed by atoms with van der Waals surface area (Å²) in [5, 5.41) is 0. The zero-order valence-electron chi connectivity index (χ0n) is 5.47. The van der Waals surface area contributed by atoms with Crippen LogP contribution in [0.1, 0.15) is 0 Å². The van der Waals surface area contributed by atoms with E-state index in [9.17, 15) is 0 Å². The van der Waals surface area contributed by atoms with Gasteiger partial charge in [0.15, 0.2) is 0 Å². The Hall–Kier alpha value is 3.05. The van der Waals surface area contributed by atoms with Gasteiger partial charge in [0, 0.05) is 10.4 Å². The van der Waals surface area contributed by atoms with Gasteiger partial charge in [0.2, 0.25) is 0 Å². The van der Waals surface area contributed by atoms with Crippen LogP contribution in [0, 0.1) is 0 Å². The van der Waals surface area contributed by atoms with E-state index in [-0.39, 0.29) is 97.8 Å². The molecule has 0 amide bonds. The van der Waals surface area contributed by atoms with Crippen LogP contribution < -0.4 is 8.38 Å². The summed E-state index contributed by atoms with van der Waals surface area (Å²) in [5.74, 6) is 0. The van der Waals surface area contributed by atoms with Crippen molar-refractivity contribution < 1.29 is 46.9 Å². The minimum atomic E-state index is -5.62. The zero-order chi connectivity index (χ0) is 9.00. The van der Waals surface area contributed by atoms with Crippen molar-refractivity contribution in [3.63, 3.8) is 0 Å². The summed E-state index contributed by atoms with van der Waals surface area (Å²) in [7, 11) is -5.17. The first-order chi connectivity index (χ1) is 4.00. The average Bonchev–Trinajstić information content (AvgIpc) is 1.12. The van der Waals surface area contributed by atoms with Crippen LogP contribution in [0.25, 0.3) is 0 Å². The maximum absolute atomic E-state index is 8.58. The van der Waals surface area contributed by atoms with Gasteiger partial charge in [-0.25, -0.2) is 0 Å². The van der Waals surface area contributed by atoms with E-state index in [1.54, 1.807) is 0 Å². The molecule has 8 nitrogen and oxygen atoms in total. The molecule has 0 atom stereocenters. The predicted octanol–water partition coefficient (Wildman–Crippen LogP) is -4.72. The minimum absolute atomic E-state index is 0. The van der Waals surface area contributed by atoms with E-state index in [0.29, 0.717) is 0 Å². The van der Waals surface area contributed by atoms with E-state index >= 15 is 0 Å². The Balaban J connectivity index is -0.0000000457. The predicted molar refractivity (Wildman–Crippen MR) is 23.4 cm³/mol. The molecule has 0 heterocycles. The summed E-state index contributed by atoms with van der Waals surface area (Å²) in [6.07, 6.45) is 0. The first-order valence-corrected chi connectivity index (χ1v) is 4.54. The van der Waals surface area contributed by atoms with E-state index in [0.717, 1.165) is 0 Å². The van der Waals surface area contributed by atoms with Crippen LogP contribution in [0.2, 0.25) is 0 Å². The van der Waals surface area contributed by atoms with Crippen molar-refractivity contribution in [2.45, 2.75) is 0 Å². The molecule has 0 saturated carbocycles. The summed E-state index contributed by atoms with van der Waals surface area (Å²) < 4.78 is 68.4. The Kier molecular flexibility index (Phi) is 21.4. The molecule has 0 aliphatic heterocycles. The second kappa shape index (κ2) is 10.6. The van der Waals surface area contributed by atoms with Crippen LogP contribution in [-0.2, 0) is 31.4 Å². The molecule has 0 unspecified atom stereocenters. The molecule has 12 heavy (non-hydrogen) atoms. The third-order valence-corrected chi connectivity index (χ3v) is 0. The molecule has 0 N–H and O–H groups in total. The molecule has 0 aromatic rings. The molecular formula is Ba2MnO8S. The monoisotopic (exact) mass is 491 g/mol. The van der Waals surface area contributed by atoms with Gasteiger partial charge in [-0.05, 0) is 0 Å². The molecular weight excluding hydrogens is 490 g/mol. The van der Waals surface area contributed by atoms with E-state index in [1.807, 2.05) is 0 Å². The van der Waals surface area contributed by atoms with Crippen LogP contribution in [0.15, 0.2) is 0 Å². The fraction of sp³-hybridized carbons (Fsp3) is 0. The molecule has 0 fully saturated rings. The molecule has 0 aliphatic carbocycles. The summed E-state index contributed by atoms with van der Waals surface area (Å²) in [6.45, 7) is 0. The van der Waals surface area contributed by atoms with Crippen LogP contribution in [0.4, 0.5) is 0 Å². The van der Waals surface area contributed by atoms with E-state index in [2.05, 4.69) is 0 Å². The molecule has 0 aromatic heterocycles. The van der Waals surface area contributed by atoms with Crippen molar-refractivity contribution in [2.24, 2.45) is 0 Å². The van der Waals surface area contributed by atoms with Gasteiger partial charge in [0.1, 0.15) is 0 Å². The Bertz CT molecular complexity index is 213. The van der Waals surface area contributed by atoms with Gasteiger partial charge in [-0.3, -0.25) is 8.42 Å². The first kappa shape index (κ1) is 24.3. The molecule has 12 heteroatoms. The Morgan fingerprint density at radius 3 is 0.917 bits per heavy atom. The summed E-state index contributed by atoms with van der Waals surface area (Å²) >= 11 is -5.62. The molecule has 0 spiro atoms. The third kappa shape index (κ3) is 204. The number of hydrogen-bond donors (Lipinski definition) is 0. The normalized spacial score (nSPS) is 9.67. The van der Waals surface area contributed by atoms with Gasteiger partial charge in [-0.2, -0.15) is 0 Å². The SMILES string of the molecule is O=S(=O)([O-])[O-].[Ba+2].[Ba+2].[O]=[Mn](=[O])([O-])[O-]. The average molecular weight is 490 g/mol. The van der Waals surface area contributed by atoms with Crippen LogP contribution in [0.3, 0.4) is 0 Å². The Labute approximate surface area is 151 Å². The van der Waals surface area contributed by atoms with E-state index in [1.165, 1.54) is 0 Å². The van der Waals surface area contributed by atoms with Crippen molar-refractivity contribution in [1.29, 1.82) is 0 Å². The number of hydrogen-bond acceptors (Lipinski definition) is 8. The van der Waals surface area contributed by atoms with Crippen LogP contribution in [-0.4, -0.2) is 115 Å². The van der Waals surface area contributed by atoms with Crippen molar-refractivity contribution in [2.75, 3.05) is 0 Å². The molecule has 0 aromatic carbocycles. The third-order valence-electron chi connectivity index (χ3n) is 0. The van der Waals surface area contributed by atoms with Crippen molar-refractivity contribution >= 4 is 108 Å². The van der Waals surface area contributed by atoms with Gasteiger partial charge in [0.05, 0.1) is 0 Å². The molecule has 0 bridgehead atoms. The van der Waals surface area contributed by atoms with Crippen molar-refractivity contribution in [3.8, 4) is 0 Å².